The second-order valence-corrected chi connectivity index (χ2v) is 9.85. The zero-order valence-corrected chi connectivity index (χ0v) is 17.1. The normalized spacial score (nSPS) is 33.1. The number of benzene rings is 1. The molecular formula is C20H29N3O4S. The number of hydrogen-bond acceptors (Lipinski definition) is 5. The third kappa shape index (κ3) is 3.83. The quantitative estimate of drug-likeness (QED) is 0.767. The van der Waals surface area contributed by atoms with E-state index < -0.39 is 10.0 Å². The van der Waals surface area contributed by atoms with Crippen molar-refractivity contribution in [2.75, 3.05) is 26.2 Å². The van der Waals surface area contributed by atoms with Crippen LogP contribution in [-0.2, 0) is 19.6 Å². The fourth-order valence-electron chi connectivity index (χ4n) is 4.55. The first-order valence-corrected chi connectivity index (χ1v) is 11.7. The second-order valence-electron chi connectivity index (χ2n) is 7.96. The summed E-state index contributed by atoms with van der Waals surface area (Å²) >= 11 is 0. The molecule has 3 fully saturated rings. The number of nitrogens with one attached hydrogen (secondary N) is 1. The third-order valence-electron chi connectivity index (χ3n) is 6.23. The first-order valence-electron chi connectivity index (χ1n) is 10.2. The van der Waals surface area contributed by atoms with Crippen LogP contribution in [0.15, 0.2) is 35.2 Å². The van der Waals surface area contributed by atoms with Crippen LogP contribution in [0.5, 0.6) is 0 Å². The smallest absolute Gasteiger partial charge is 0.249 e. The predicted molar refractivity (Wildman–Crippen MR) is 105 cm³/mol. The van der Waals surface area contributed by atoms with Gasteiger partial charge in [-0.05, 0) is 37.8 Å². The van der Waals surface area contributed by atoms with Crippen molar-refractivity contribution < 1.29 is 17.9 Å². The zero-order valence-electron chi connectivity index (χ0n) is 16.3. The maximum Gasteiger partial charge on any atom is 0.249 e. The molecule has 1 aromatic carbocycles. The average molecular weight is 408 g/mol. The number of ether oxygens (including phenoxy) is 1. The summed E-state index contributed by atoms with van der Waals surface area (Å²) in [6.45, 7) is 4.51. The number of carbonyl (C=O) groups excluding carboxylic acids is 1. The van der Waals surface area contributed by atoms with Gasteiger partial charge in [0.15, 0.2) is 0 Å². The molecule has 2 bridgehead atoms. The van der Waals surface area contributed by atoms with Gasteiger partial charge in [-0.3, -0.25) is 9.69 Å². The van der Waals surface area contributed by atoms with E-state index in [1.807, 2.05) is 6.07 Å². The SMILES string of the molecule is CC[C@@H]1CC[C@@H](C(=O)NC[C@H]2CN(S(=O)(=O)c3ccccc3)[C@H]3CCN2C3)O1. The first kappa shape index (κ1) is 19.8. The Kier molecular flexibility index (Phi) is 5.73. The van der Waals surface area contributed by atoms with Crippen molar-refractivity contribution in [3.05, 3.63) is 30.3 Å². The number of sulfonamides is 1. The largest absolute Gasteiger partial charge is 0.365 e. The van der Waals surface area contributed by atoms with E-state index in [-0.39, 0.29) is 30.2 Å². The van der Waals surface area contributed by atoms with Gasteiger partial charge in [0.05, 0.1) is 11.0 Å². The van der Waals surface area contributed by atoms with Gasteiger partial charge < -0.3 is 10.1 Å². The lowest BCUT2D eigenvalue weighted by atomic mass is 10.1. The van der Waals surface area contributed by atoms with Crippen LogP contribution in [0.4, 0.5) is 0 Å². The molecule has 3 saturated heterocycles. The maximum atomic E-state index is 13.1. The third-order valence-corrected chi connectivity index (χ3v) is 8.16. The summed E-state index contributed by atoms with van der Waals surface area (Å²) in [6.07, 6.45) is 3.25. The minimum atomic E-state index is -3.53. The van der Waals surface area contributed by atoms with Crippen molar-refractivity contribution in [1.29, 1.82) is 0 Å². The maximum absolute atomic E-state index is 13.1. The minimum absolute atomic E-state index is 0.00966. The predicted octanol–water partition coefficient (Wildman–Crippen LogP) is 1.21. The van der Waals surface area contributed by atoms with Gasteiger partial charge in [-0.2, -0.15) is 4.31 Å². The molecule has 0 aromatic heterocycles. The fourth-order valence-corrected chi connectivity index (χ4v) is 6.26. The van der Waals surface area contributed by atoms with Crippen molar-refractivity contribution in [3.63, 3.8) is 0 Å². The van der Waals surface area contributed by atoms with Gasteiger partial charge in [0.1, 0.15) is 6.10 Å². The molecule has 3 aliphatic rings. The molecule has 4 rings (SSSR count). The Morgan fingerprint density at radius 2 is 1.96 bits per heavy atom. The van der Waals surface area contributed by atoms with Crippen molar-refractivity contribution in [2.45, 2.75) is 61.8 Å². The van der Waals surface area contributed by atoms with Gasteiger partial charge in [0, 0.05) is 38.3 Å². The van der Waals surface area contributed by atoms with Crippen LogP contribution < -0.4 is 5.32 Å². The van der Waals surface area contributed by atoms with E-state index in [0.717, 1.165) is 38.8 Å². The molecule has 1 amide bonds. The fraction of sp³-hybridized carbons (Fsp3) is 0.650. The number of nitrogens with zero attached hydrogens (tertiary/aromatic N) is 2. The van der Waals surface area contributed by atoms with E-state index in [2.05, 4.69) is 17.1 Å². The topological polar surface area (TPSA) is 79.0 Å². The van der Waals surface area contributed by atoms with E-state index >= 15 is 0 Å². The Labute approximate surface area is 167 Å². The van der Waals surface area contributed by atoms with Crippen LogP contribution in [0.3, 0.4) is 0 Å². The van der Waals surface area contributed by atoms with Crippen LogP contribution in [0, 0.1) is 0 Å². The van der Waals surface area contributed by atoms with Crippen molar-refractivity contribution >= 4 is 15.9 Å². The van der Waals surface area contributed by atoms with Gasteiger partial charge in [-0.15, -0.1) is 0 Å². The average Bonchev–Trinajstić information content (AvgIpc) is 3.35. The van der Waals surface area contributed by atoms with Crippen molar-refractivity contribution in [3.8, 4) is 0 Å². The van der Waals surface area contributed by atoms with Crippen LogP contribution >= 0.6 is 0 Å². The lowest BCUT2D eigenvalue weighted by Crippen LogP contribution is -2.58. The van der Waals surface area contributed by atoms with E-state index in [4.69, 9.17) is 4.74 Å². The van der Waals surface area contributed by atoms with E-state index in [1.165, 1.54) is 0 Å². The minimum Gasteiger partial charge on any atom is -0.365 e. The van der Waals surface area contributed by atoms with E-state index in [1.54, 1.807) is 28.6 Å². The number of piperazine rings is 1. The Bertz CT molecular complexity index is 801. The lowest BCUT2D eigenvalue weighted by molar-refractivity contribution is -0.132. The van der Waals surface area contributed by atoms with Gasteiger partial charge >= 0.3 is 0 Å². The van der Waals surface area contributed by atoms with Crippen LogP contribution in [0.1, 0.15) is 32.6 Å². The molecule has 1 unspecified atom stereocenters. The molecule has 1 N–H and O–H groups in total. The standard InChI is InChI=1S/C20H29N3O4S/c1-2-17-8-9-19(27-17)20(24)21-12-16-14-23(15-10-11-22(16)13-15)28(25,26)18-6-4-3-5-7-18/h3-7,15-17,19H,2,8-14H2,1H3,(H,21,24)/t15-,16-,17+,19-/m0/s1. The number of hydrogen-bond donors (Lipinski definition) is 1. The van der Waals surface area contributed by atoms with Gasteiger partial charge in [-0.1, -0.05) is 25.1 Å². The van der Waals surface area contributed by atoms with Crippen LogP contribution in [0.25, 0.3) is 0 Å². The summed E-state index contributed by atoms with van der Waals surface area (Å²) in [7, 11) is -3.53. The number of carbonyl (C=O) groups is 1. The Hall–Kier alpha value is -1.48. The Morgan fingerprint density at radius 1 is 1.18 bits per heavy atom. The molecule has 154 valence electrons. The molecule has 8 heteroatoms. The summed E-state index contributed by atoms with van der Waals surface area (Å²) in [5, 5.41) is 3.01. The van der Waals surface area contributed by atoms with E-state index in [0.29, 0.717) is 18.0 Å². The highest BCUT2D eigenvalue weighted by atomic mass is 32.2. The van der Waals surface area contributed by atoms with Crippen LogP contribution in [-0.4, -0.2) is 74.0 Å². The highest BCUT2D eigenvalue weighted by Crippen LogP contribution is 2.30. The Morgan fingerprint density at radius 3 is 2.68 bits per heavy atom. The monoisotopic (exact) mass is 407 g/mol. The molecule has 3 heterocycles. The Balaban J connectivity index is 1.41. The summed E-state index contributed by atoms with van der Waals surface area (Å²) in [4.78, 5) is 15.1. The molecule has 3 aliphatic heterocycles. The molecule has 5 atom stereocenters. The van der Waals surface area contributed by atoms with Gasteiger partial charge in [0.25, 0.3) is 0 Å². The van der Waals surface area contributed by atoms with Crippen molar-refractivity contribution in [2.24, 2.45) is 0 Å². The molecule has 28 heavy (non-hydrogen) atoms. The zero-order chi connectivity index (χ0) is 19.7. The lowest BCUT2D eigenvalue weighted by Gasteiger charge is -2.39. The summed E-state index contributed by atoms with van der Waals surface area (Å²) in [6, 6.07) is 8.62. The molecular weight excluding hydrogens is 378 g/mol. The van der Waals surface area contributed by atoms with Crippen LogP contribution in [0.2, 0.25) is 0 Å². The highest BCUT2D eigenvalue weighted by Gasteiger charge is 2.44. The molecule has 0 saturated carbocycles. The number of amides is 1. The first-order chi connectivity index (χ1) is 13.5. The number of rotatable bonds is 6. The molecule has 0 spiro atoms. The van der Waals surface area contributed by atoms with Gasteiger partial charge in [-0.25, -0.2) is 8.42 Å². The van der Waals surface area contributed by atoms with Crippen molar-refractivity contribution in [1.82, 2.24) is 14.5 Å². The molecule has 0 aliphatic carbocycles. The summed E-state index contributed by atoms with van der Waals surface area (Å²) in [5.41, 5.74) is 0. The van der Waals surface area contributed by atoms with E-state index in [9.17, 15) is 13.2 Å². The summed E-state index contributed by atoms with van der Waals surface area (Å²) < 4.78 is 33.7. The number of fused-ring (bicyclic) bond motifs is 2. The molecule has 7 nitrogen and oxygen atoms in total. The summed E-state index contributed by atoms with van der Waals surface area (Å²) in [5.74, 6) is -0.0743. The second kappa shape index (κ2) is 8.10. The van der Waals surface area contributed by atoms with Gasteiger partial charge in [0.2, 0.25) is 15.9 Å². The molecule has 0 radical (unpaired) electrons. The highest BCUT2D eigenvalue weighted by molar-refractivity contribution is 7.89. The molecule has 1 aromatic rings.